The highest BCUT2D eigenvalue weighted by molar-refractivity contribution is 7.80. The molecule has 0 saturated carbocycles. The fourth-order valence-electron chi connectivity index (χ4n) is 2.95. The first-order chi connectivity index (χ1) is 13.1. The lowest BCUT2D eigenvalue weighted by Gasteiger charge is -2.24. The van der Waals surface area contributed by atoms with Gasteiger partial charge >= 0.3 is 0 Å². The molecule has 1 saturated heterocycles. The maximum absolute atomic E-state index is 10.5. The van der Waals surface area contributed by atoms with Gasteiger partial charge in [-0.3, -0.25) is 4.79 Å². The van der Waals surface area contributed by atoms with E-state index in [0.29, 0.717) is 22.7 Å². The second-order valence-corrected chi connectivity index (χ2v) is 7.01. The Kier molecular flexibility index (Phi) is 6.58. The van der Waals surface area contributed by atoms with Gasteiger partial charge < -0.3 is 19.1 Å². The van der Waals surface area contributed by atoms with Crippen molar-refractivity contribution >= 4 is 42.1 Å². The van der Waals surface area contributed by atoms with Gasteiger partial charge in [0.1, 0.15) is 5.75 Å². The maximum Gasteiger partial charge on any atom is 0.296 e. The molecule has 3 rings (SSSR count). The van der Waals surface area contributed by atoms with Crippen molar-refractivity contribution in [3.05, 3.63) is 48.0 Å². The van der Waals surface area contributed by atoms with Gasteiger partial charge in [-0.15, -0.1) is 12.6 Å². The van der Waals surface area contributed by atoms with Crippen molar-refractivity contribution in [2.45, 2.75) is 31.0 Å². The lowest BCUT2D eigenvalue weighted by atomic mass is 10.1. The summed E-state index contributed by atoms with van der Waals surface area (Å²) in [4.78, 5) is 13.4. The molecule has 1 heterocycles. The minimum absolute atomic E-state index is 0.242. The van der Waals surface area contributed by atoms with Gasteiger partial charge in [-0.25, -0.2) is 0 Å². The van der Waals surface area contributed by atoms with Crippen LogP contribution in [0.15, 0.2) is 47.4 Å². The Bertz CT molecular complexity index is 807. The standard InChI is InChI=1S/C20H21NO4S2/c1-14(23-13-22)24-20(27)15-11-17(21-9-5-6-10-21)19(18(26)12-15)25-16-7-3-2-4-8-16/h2-4,7-8,11-14,26H,5-6,9-10H2,1H3. The first-order valence-corrected chi connectivity index (χ1v) is 9.59. The van der Waals surface area contributed by atoms with Crippen molar-refractivity contribution < 1.29 is 19.0 Å². The number of para-hydroxylation sites is 1. The lowest BCUT2D eigenvalue weighted by Crippen LogP contribution is -2.20. The molecule has 1 fully saturated rings. The van der Waals surface area contributed by atoms with Crippen LogP contribution < -0.4 is 9.64 Å². The summed E-state index contributed by atoms with van der Waals surface area (Å²) >= 11 is 10.00. The van der Waals surface area contributed by atoms with E-state index >= 15 is 0 Å². The van der Waals surface area contributed by atoms with Crippen molar-refractivity contribution in [3.63, 3.8) is 0 Å². The van der Waals surface area contributed by atoms with Crippen LogP contribution >= 0.6 is 24.8 Å². The predicted molar refractivity (Wildman–Crippen MR) is 111 cm³/mol. The van der Waals surface area contributed by atoms with E-state index in [1.54, 1.807) is 13.0 Å². The first kappa shape index (κ1) is 19.5. The Morgan fingerprint density at radius 1 is 1.22 bits per heavy atom. The Hall–Kier alpha value is -2.25. The van der Waals surface area contributed by atoms with Gasteiger partial charge in [0.15, 0.2) is 10.8 Å². The zero-order chi connectivity index (χ0) is 19.2. The van der Waals surface area contributed by atoms with E-state index in [1.807, 2.05) is 36.4 Å². The van der Waals surface area contributed by atoms with E-state index in [9.17, 15) is 4.79 Å². The normalized spacial score (nSPS) is 14.5. The molecule has 7 heteroatoms. The van der Waals surface area contributed by atoms with Crippen molar-refractivity contribution in [2.24, 2.45) is 0 Å². The monoisotopic (exact) mass is 403 g/mol. The number of thiol groups is 1. The number of hydrogen-bond donors (Lipinski definition) is 1. The van der Waals surface area contributed by atoms with Gasteiger partial charge in [0.25, 0.3) is 6.47 Å². The molecule has 0 N–H and O–H groups in total. The number of carbonyl (C=O) groups is 1. The summed E-state index contributed by atoms with van der Waals surface area (Å²) < 4.78 is 16.4. The molecule has 0 aliphatic carbocycles. The summed E-state index contributed by atoms with van der Waals surface area (Å²) in [6, 6.07) is 13.3. The van der Waals surface area contributed by atoms with Gasteiger partial charge in [-0.2, -0.15) is 0 Å². The van der Waals surface area contributed by atoms with Crippen molar-refractivity contribution in [1.82, 2.24) is 0 Å². The van der Waals surface area contributed by atoms with Gasteiger partial charge in [-0.05, 0) is 49.3 Å². The van der Waals surface area contributed by atoms with Crippen LogP contribution in [-0.2, 0) is 14.3 Å². The molecule has 0 spiro atoms. The molecule has 1 atom stereocenters. The number of anilines is 1. The van der Waals surface area contributed by atoms with E-state index < -0.39 is 6.29 Å². The van der Waals surface area contributed by atoms with Gasteiger partial charge in [-0.1, -0.05) is 18.2 Å². The van der Waals surface area contributed by atoms with Crippen LogP contribution in [0.1, 0.15) is 25.3 Å². The lowest BCUT2D eigenvalue weighted by molar-refractivity contribution is -0.146. The summed E-state index contributed by atoms with van der Waals surface area (Å²) in [7, 11) is 0. The average Bonchev–Trinajstić information content (AvgIpc) is 3.18. The quantitative estimate of drug-likeness (QED) is 0.316. The van der Waals surface area contributed by atoms with Crippen LogP contribution in [0.25, 0.3) is 0 Å². The Balaban J connectivity index is 1.93. The van der Waals surface area contributed by atoms with Gasteiger partial charge in [0, 0.05) is 30.5 Å². The zero-order valence-corrected chi connectivity index (χ0v) is 16.7. The molecule has 2 aromatic rings. The number of rotatable bonds is 7. The van der Waals surface area contributed by atoms with Crippen molar-refractivity contribution in [1.29, 1.82) is 0 Å². The molecular formula is C20H21NO4S2. The Morgan fingerprint density at radius 2 is 1.93 bits per heavy atom. The number of carbonyl (C=O) groups excluding carboxylic acids is 1. The largest absolute Gasteiger partial charge is 0.454 e. The fourth-order valence-corrected chi connectivity index (χ4v) is 3.50. The molecule has 0 bridgehead atoms. The van der Waals surface area contributed by atoms with E-state index in [4.69, 9.17) is 26.4 Å². The number of ether oxygens (including phenoxy) is 3. The Labute approximate surface area is 169 Å². The van der Waals surface area contributed by atoms with Crippen LogP contribution in [-0.4, -0.2) is 30.9 Å². The number of benzene rings is 2. The van der Waals surface area contributed by atoms with Crippen LogP contribution in [0.3, 0.4) is 0 Å². The SMILES string of the molecule is CC(OC=O)OC(=S)c1cc(S)c(Oc2ccccc2)c(N2CCCC2)c1. The Morgan fingerprint density at radius 3 is 2.59 bits per heavy atom. The molecule has 1 unspecified atom stereocenters. The van der Waals surface area contributed by atoms with Crippen molar-refractivity contribution in [2.75, 3.05) is 18.0 Å². The maximum atomic E-state index is 10.5. The van der Waals surface area contributed by atoms with Gasteiger partial charge in [0.2, 0.25) is 6.29 Å². The molecule has 2 aromatic carbocycles. The van der Waals surface area contributed by atoms with Crippen LogP contribution in [0.5, 0.6) is 11.5 Å². The molecule has 142 valence electrons. The molecule has 0 aromatic heterocycles. The summed E-state index contributed by atoms with van der Waals surface area (Å²) in [5, 5.41) is 0.242. The average molecular weight is 404 g/mol. The summed E-state index contributed by atoms with van der Waals surface area (Å²) in [5.41, 5.74) is 1.62. The van der Waals surface area contributed by atoms with Crippen LogP contribution in [0, 0.1) is 0 Å². The first-order valence-electron chi connectivity index (χ1n) is 8.73. The van der Waals surface area contributed by atoms with E-state index in [-0.39, 0.29) is 5.05 Å². The fraction of sp³-hybridized carbons (Fsp3) is 0.300. The highest BCUT2D eigenvalue weighted by atomic mass is 32.1. The number of hydrogen-bond acceptors (Lipinski definition) is 7. The molecule has 0 amide bonds. The third-order valence-electron chi connectivity index (χ3n) is 4.22. The van der Waals surface area contributed by atoms with E-state index in [1.165, 1.54) is 0 Å². The van der Waals surface area contributed by atoms with Crippen LogP contribution in [0.4, 0.5) is 5.69 Å². The smallest absolute Gasteiger partial charge is 0.296 e. The highest BCUT2D eigenvalue weighted by Crippen LogP contribution is 2.40. The van der Waals surface area contributed by atoms with Crippen molar-refractivity contribution in [3.8, 4) is 11.5 Å². The van der Waals surface area contributed by atoms with Crippen LogP contribution in [0.2, 0.25) is 0 Å². The minimum atomic E-state index is -0.756. The topological polar surface area (TPSA) is 48.0 Å². The second kappa shape index (κ2) is 9.10. The molecule has 1 aliphatic heterocycles. The number of thiocarbonyl (C=S) groups is 1. The molecule has 1 aliphatic rings. The molecule has 5 nitrogen and oxygen atoms in total. The summed E-state index contributed by atoms with van der Waals surface area (Å²) in [6.45, 7) is 3.83. The molecular weight excluding hydrogens is 382 g/mol. The van der Waals surface area contributed by atoms with Gasteiger partial charge in [0.05, 0.1) is 5.69 Å². The zero-order valence-electron chi connectivity index (χ0n) is 15.0. The molecule has 0 radical (unpaired) electrons. The third kappa shape index (κ3) is 4.93. The third-order valence-corrected chi connectivity index (χ3v) is 4.88. The summed E-state index contributed by atoms with van der Waals surface area (Å²) in [6.07, 6.45) is 1.50. The number of nitrogens with zero attached hydrogens (tertiary/aromatic N) is 1. The van der Waals surface area contributed by atoms with E-state index in [2.05, 4.69) is 17.5 Å². The highest BCUT2D eigenvalue weighted by Gasteiger charge is 2.22. The second-order valence-electron chi connectivity index (χ2n) is 6.16. The van der Waals surface area contributed by atoms with E-state index in [0.717, 1.165) is 37.4 Å². The minimum Gasteiger partial charge on any atom is -0.454 e. The predicted octanol–water partition coefficient (Wildman–Crippen LogP) is 4.58. The summed E-state index contributed by atoms with van der Waals surface area (Å²) in [5.74, 6) is 1.43. The molecule has 27 heavy (non-hydrogen) atoms.